The number of fused-ring (bicyclic) bond motifs is 1. The van der Waals surface area contributed by atoms with E-state index in [9.17, 15) is 9.59 Å². The van der Waals surface area contributed by atoms with Crippen molar-refractivity contribution in [3.63, 3.8) is 0 Å². The van der Waals surface area contributed by atoms with Crippen LogP contribution in [0.2, 0.25) is 0 Å². The predicted molar refractivity (Wildman–Crippen MR) is 65.0 cm³/mol. The summed E-state index contributed by atoms with van der Waals surface area (Å²) < 4.78 is 5.73. The predicted octanol–water partition coefficient (Wildman–Crippen LogP) is 1.31. The lowest BCUT2D eigenvalue weighted by molar-refractivity contribution is -0.138. The van der Waals surface area contributed by atoms with Crippen molar-refractivity contribution in [2.75, 3.05) is 6.54 Å². The van der Waals surface area contributed by atoms with Gasteiger partial charge in [0.05, 0.1) is 6.54 Å². The lowest BCUT2D eigenvalue weighted by Gasteiger charge is -2.18. The molecule has 92 valence electrons. The molecule has 0 radical (unpaired) electrons. The minimum absolute atomic E-state index is 0.130. The molecule has 3 rings (SSSR count). The smallest absolute Gasteiger partial charge is 0.256 e. The number of hydrogen-bond acceptors (Lipinski definition) is 3. The topological polar surface area (TPSA) is 46.6 Å². The molecule has 2 aliphatic rings. The highest BCUT2D eigenvalue weighted by Gasteiger charge is 2.33. The van der Waals surface area contributed by atoms with Gasteiger partial charge >= 0.3 is 0 Å². The van der Waals surface area contributed by atoms with Gasteiger partial charge in [-0.25, -0.2) is 0 Å². The molecule has 4 heteroatoms. The third kappa shape index (κ3) is 1.70. The van der Waals surface area contributed by atoms with Crippen LogP contribution < -0.4 is 4.74 Å². The average Bonchev–Trinajstić information content (AvgIpc) is 2.86. The minimum atomic E-state index is -0.239. The Kier molecular flexibility index (Phi) is 2.44. The van der Waals surface area contributed by atoms with Crippen LogP contribution >= 0.6 is 0 Å². The molecule has 0 aromatic heterocycles. The summed E-state index contributed by atoms with van der Waals surface area (Å²) in [5, 5.41) is 0. The van der Waals surface area contributed by atoms with Gasteiger partial charge in [-0.05, 0) is 18.6 Å². The van der Waals surface area contributed by atoms with Crippen molar-refractivity contribution in [2.24, 2.45) is 0 Å². The molecule has 1 atom stereocenters. The monoisotopic (exact) mass is 243 g/mol. The zero-order chi connectivity index (χ0) is 12.7. The standard InChI is InChI=1S/C14H13NO3/c1-9-6-13(16)15(14(9)17)8-11-7-10-4-2-3-5-12(10)18-11/h2-6,11H,7-8H2,1H3. The van der Waals surface area contributed by atoms with Crippen molar-refractivity contribution >= 4 is 11.8 Å². The zero-order valence-corrected chi connectivity index (χ0v) is 10.1. The maximum atomic E-state index is 11.8. The molecule has 0 spiro atoms. The molecule has 2 aliphatic heterocycles. The maximum absolute atomic E-state index is 11.8. The first kappa shape index (κ1) is 11.0. The van der Waals surface area contributed by atoms with E-state index in [0.717, 1.165) is 17.7 Å². The quantitative estimate of drug-likeness (QED) is 0.736. The van der Waals surface area contributed by atoms with Gasteiger partial charge in [0.2, 0.25) is 0 Å². The Hall–Kier alpha value is -2.10. The van der Waals surface area contributed by atoms with E-state index in [2.05, 4.69) is 0 Å². The second kappa shape index (κ2) is 3.98. The lowest BCUT2D eigenvalue weighted by Crippen LogP contribution is -2.39. The maximum Gasteiger partial charge on any atom is 0.256 e. The number of carbonyl (C=O) groups is 2. The fourth-order valence-corrected chi connectivity index (χ4v) is 2.37. The Morgan fingerprint density at radius 3 is 2.78 bits per heavy atom. The van der Waals surface area contributed by atoms with Crippen LogP contribution in [0, 0.1) is 0 Å². The summed E-state index contributed by atoms with van der Waals surface area (Å²) >= 11 is 0. The number of para-hydroxylation sites is 1. The van der Waals surface area contributed by atoms with Crippen molar-refractivity contribution in [3.8, 4) is 5.75 Å². The number of ether oxygens (including phenoxy) is 1. The SMILES string of the molecule is CC1=CC(=O)N(CC2Cc3ccccc3O2)C1=O. The summed E-state index contributed by atoms with van der Waals surface area (Å²) in [6.07, 6.45) is 1.99. The second-order valence-electron chi connectivity index (χ2n) is 4.63. The highest BCUT2D eigenvalue weighted by atomic mass is 16.5. The van der Waals surface area contributed by atoms with Crippen LogP contribution in [-0.2, 0) is 16.0 Å². The molecule has 2 amide bonds. The molecule has 2 heterocycles. The molecule has 4 nitrogen and oxygen atoms in total. The summed E-state index contributed by atoms with van der Waals surface area (Å²) in [6, 6.07) is 7.79. The third-order valence-electron chi connectivity index (χ3n) is 3.29. The summed E-state index contributed by atoms with van der Waals surface area (Å²) in [6.45, 7) is 1.98. The van der Waals surface area contributed by atoms with Crippen molar-refractivity contribution in [2.45, 2.75) is 19.4 Å². The Balaban J connectivity index is 1.71. The number of hydrogen-bond donors (Lipinski definition) is 0. The van der Waals surface area contributed by atoms with Gasteiger partial charge in [0.1, 0.15) is 11.9 Å². The fraction of sp³-hybridized carbons (Fsp3) is 0.286. The van der Waals surface area contributed by atoms with E-state index in [4.69, 9.17) is 4.74 Å². The van der Waals surface area contributed by atoms with E-state index in [-0.39, 0.29) is 17.9 Å². The summed E-state index contributed by atoms with van der Waals surface area (Å²) in [5.41, 5.74) is 1.63. The Morgan fingerprint density at radius 2 is 2.11 bits per heavy atom. The molecule has 1 unspecified atom stereocenters. The molecule has 1 aromatic rings. The largest absolute Gasteiger partial charge is 0.488 e. The van der Waals surface area contributed by atoms with Crippen LogP contribution in [0.5, 0.6) is 5.75 Å². The van der Waals surface area contributed by atoms with Gasteiger partial charge in [-0.15, -0.1) is 0 Å². The highest BCUT2D eigenvalue weighted by molar-refractivity contribution is 6.15. The van der Waals surface area contributed by atoms with Gasteiger partial charge in [-0.3, -0.25) is 14.5 Å². The second-order valence-corrected chi connectivity index (χ2v) is 4.63. The summed E-state index contributed by atoms with van der Waals surface area (Å²) in [7, 11) is 0. The molecule has 0 saturated heterocycles. The van der Waals surface area contributed by atoms with Crippen molar-refractivity contribution in [1.29, 1.82) is 0 Å². The van der Waals surface area contributed by atoms with Crippen LogP contribution in [0.4, 0.5) is 0 Å². The fourth-order valence-electron chi connectivity index (χ4n) is 2.37. The van der Waals surface area contributed by atoms with Crippen LogP contribution in [0.15, 0.2) is 35.9 Å². The van der Waals surface area contributed by atoms with Gasteiger partial charge < -0.3 is 4.74 Å². The van der Waals surface area contributed by atoms with E-state index in [1.807, 2.05) is 24.3 Å². The number of carbonyl (C=O) groups excluding carboxylic acids is 2. The Bertz CT molecular complexity index is 537. The molecule has 18 heavy (non-hydrogen) atoms. The molecular formula is C14H13NO3. The Morgan fingerprint density at radius 1 is 1.33 bits per heavy atom. The number of benzene rings is 1. The van der Waals surface area contributed by atoms with E-state index < -0.39 is 0 Å². The van der Waals surface area contributed by atoms with Gasteiger partial charge in [0.15, 0.2) is 0 Å². The van der Waals surface area contributed by atoms with Crippen molar-refractivity contribution in [1.82, 2.24) is 4.90 Å². The molecule has 0 fully saturated rings. The van der Waals surface area contributed by atoms with Crippen LogP contribution in [0.3, 0.4) is 0 Å². The molecule has 0 N–H and O–H groups in total. The highest BCUT2D eigenvalue weighted by Crippen LogP contribution is 2.29. The number of amides is 2. The van der Waals surface area contributed by atoms with Gasteiger partial charge in [0.25, 0.3) is 11.8 Å². The van der Waals surface area contributed by atoms with E-state index in [0.29, 0.717) is 12.1 Å². The van der Waals surface area contributed by atoms with Gasteiger partial charge in [-0.1, -0.05) is 18.2 Å². The van der Waals surface area contributed by atoms with Gasteiger partial charge in [-0.2, -0.15) is 0 Å². The average molecular weight is 243 g/mol. The van der Waals surface area contributed by atoms with Crippen LogP contribution in [0.1, 0.15) is 12.5 Å². The summed E-state index contributed by atoms with van der Waals surface area (Å²) in [4.78, 5) is 24.6. The number of rotatable bonds is 2. The molecular weight excluding hydrogens is 230 g/mol. The number of imide groups is 1. The van der Waals surface area contributed by atoms with E-state index >= 15 is 0 Å². The van der Waals surface area contributed by atoms with Crippen LogP contribution in [-0.4, -0.2) is 29.4 Å². The van der Waals surface area contributed by atoms with E-state index in [1.165, 1.54) is 11.0 Å². The van der Waals surface area contributed by atoms with Gasteiger partial charge in [0, 0.05) is 18.1 Å². The summed E-state index contributed by atoms with van der Waals surface area (Å²) in [5.74, 6) is 0.405. The minimum Gasteiger partial charge on any atom is -0.488 e. The molecule has 0 saturated carbocycles. The third-order valence-corrected chi connectivity index (χ3v) is 3.29. The normalized spacial score (nSPS) is 21.9. The first-order valence-electron chi connectivity index (χ1n) is 5.94. The van der Waals surface area contributed by atoms with Crippen molar-refractivity contribution < 1.29 is 14.3 Å². The zero-order valence-electron chi connectivity index (χ0n) is 10.1. The number of nitrogens with zero attached hydrogens (tertiary/aromatic N) is 1. The van der Waals surface area contributed by atoms with E-state index in [1.54, 1.807) is 6.92 Å². The first-order valence-corrected chi connectivity index (χ1v) is 5.94. The van der Waals surface area contributed by atoms with Crippen molar-refractivity contribution in [3.05, 3.63) is 41.5 Å². The Labute approximate surface area is 105 Å². The molecule has 0 aliphatic carbocycles. The first-order chi connectivity index (χ1) is 8.65. The molecule has 0 bridgehead atoms. The molecule has 1 aromatic carbocycles. The lowest BCUT2D eigenvalue weighted by atomic mass is 10.1. The van der Waals surface area contributed by atoms with Crippen LogP contribution in [0.25, 0.3) is 0 Å².